The van der Waals surface area contributed by atoms with Crippen LogP contribution < -0.4 is 5.32 Å². The Kier molecular flexibility index (Phi) is 4.74. The van der Waals surface area contributed by atoms with Crippen LogP contribution in [0.4, 0.5) is 13.2 Å². The highest BCUT2D eigenvalue weighted by Gasteiger charge is 2.45. The van der Waals surface area contributed by atoms with E-state index < -0.39 is 17.6 Å². The Morgan fingerprint density at radius 3 is 2.37 bits per heavy atom. The zero-order chi connectivity index (χ0) is 13.9. The van der Waals surface area contributed by atoms with Crippen molar-refractivity contribution in [1.29, 1.82) is 0 Å². The highest BCUT2D eigenvalue weighted by molar-refractivity contribution is 4.94. The first kappa shape index (κ1) is 15.1. The number of aliphatic hydroxyl groups is 1. The lowest BCUT2D eigenvalue weighted by atomic mass is 9.76. The summed E-state index contributed by atoms with van der Waals surface area (Å²) >= 11 is 0. The van der Waals surface area contributed by atoms with Crippen LogP contribution in [0.15, 0.2) is 0 Å². The van der Waals surface area contributed by atoms with E-state index in [-0.39, 0.29) is 25.6 Å². The van der Waals surface area contributed by atoms with Crippen LogP contribution in [-0.4, -0.2) is 42.7 Å². The first-order chi connectivity index (χ1) is 8.95. The SMILES string of the molecule is OCC1(NCC2CCCO2)CCC(C(F)(F)F)CC1. The minimum Gasteiger partial charge on any atom is -0.394 e. The third-order valence-corrected chi connectivity index (χ3v) is 4.44. The average Bonchev–Trinajstić information content (AvgIpc) is 2.89. The van der Waals surface area contributed by atoms with E-state index in [1.165, 1.54) is 0 Å². The number of aliphatic hydroxyl groups excluding tert-OH is 1. The van der Waals surface area contributed by atoms with Crippen LogP contribution in [-0.2, 0) is 4.74 Å². The van der Waals surface area contributed by atoms with Gasteiger partial charge in [-0.1, -0.05) is 0 Å². The van der Waals surface area contributed by atoms with Gasteiger partial charge >= 0.3 is 6.18 Å². The third kappa shape index (κ3) is 3.83. The molecule has 6 heteroatoms. The van der Waals surface area contributed by atoms with Gasteiger partial charge in [-0.25, -0.2) is 0 Å². The molecule has 1 unspecified atom stereocenters. The molecule has 1 saturated heterocycles. The fraction of sp³-hybridized carbons (Fsp3) is 1.00. The van der Waals surface area contributed by atoms with E-state index >= 15 is 0 Å². The Balaban J connectivity index is 1.83. The summed E-state index contributed by atoms with van der Waals surface area (Å²) in [5.41, 5.74) is -0.548. The number of hydrogen-bond acceptors (Lipinski definition) is 3. The van der Waals surface area contributed by atoms with E-state index in [1.54, 1.807) is 0 Å². The summed E-state index contributed by atoms with van der Waals surface area (Å²) in [6, 6.07) is 0. The number of ether oxygens (including phenoxy) is 1. The Labute approximate surface area is 111 Å². The van der Waals surface area contributed by atoms with E-state index in [4.69, 9.17) is 4.74 Å². The monoisotopic (exact) mass is 281 g/mol. The molecule has 1 heterocycles. The molecule has 2 rings (SSSR count). The van der Waals surface area contributed by atoms with Crippen LogP contribution in [0.1, 0.15) is 38.5 Å². The highest BCUT2D eigenvalue weighted by atomic mass is 19.4. The fourth-order valence-corrected chi connectivity index (χ4v) is 3.02. The van der Waals surface area contributed by atoms with E-state index in [9.17, 15) is 18.3 Å². The average molecular weight is 281 g/mol. The first-order valence-electron chi connectivity index (χ1n) is 6.99. The van der Waals surface area contributed by atoms with Gasteiger partial charge in [0.1, 0.15) is 0 Å². The lowest BCUT2D eigenvalue weighted by Crippen LogP contribution is -2.54. The molecule has 1 atom stereocenters. The summed E-state index contributed by atoms with van der Waals surface area (Å²) in [5.74, 6) is -1.21. The van der Waals surface area contributed by atoms with Crippen LogP contribution in [0.5, 0.6) is 0 Å². The van der Waals surface area contributed by atoms with Crippen molar-refractivity contribution in [3.8, 4) is 0 Å². The maximum absolute atomic E-state index is 12.6. The third-order valence-electron chi connectivity index (χ3n) is 4.44. The maximum atomic E-state index is 12.6. The van der Waals surface area contributed by atoms with Crippen LogP contribution in [0.3, 0.4) is 0 Å². The zero-order valence-corrected chi connectivity index (χ0v) is 11.0. The lowest BCUT2D eigenvalue weighted by molar-refractivity contribution is -0.186. The van der Waals surface area contributed by atoms with Gasteiger partial charge in [0, 0.05) is 18.7 Å². The second-order valence-electron chi connectivity index (χ2n) is 5.77. The van der Waals surface area contributed by atoms with E-state index in [0.717, 1.165) is 19.4 Å². The van der Waals surface area contributed by atoms with Gasteiger partial charge in [0.25, 0.3) is 0 Å². The molecular weight excluding hydrogens is 259 g/mol. The predicted octanol–water partition coefficient (Wildman–Crippen LogP) is 2.24. The molecule has 0 spiro atoms. The summed E-state index contributed by atoms with van der Waals surface area (Å²) < 4.78 is 43.4. The van der Waals surface area contributed by atoms with Gasteiger partial charge in [-0.3, -0.25) is 0 Å². The number of rotatable bonds is 4. The standard InChI is InChI=1S/C13H22F3NO2/c14-13(15,16)10-3-5-12(9-18,6-4-10)17-8-11-2-1-7-19-11/h10-11,17-18H,1-9H2. The first-order valence-corrected chi connectivity index (χ1v) is 6.99. The number of hydrogen-bond donors (Lipinski definition) is 2. The number of halogens is 3. The van der Waals surface area contributed by atoms with Crippen LogP contribution in [0, 0.1) is 5.92 Å². The molecule has 0 amide bonds. The van der Waals surface area contributed by atoms with Crippen LogP contribution in [0.25, 0.3) is 0 Å². The molecule has 0 aromatic rings. The van der Waals surface area contributed by atoms with Gasteiger partial charge in [0.05, 0.1) is 18.6 Å². The summed E-state index contributed by atoms with van der Waals surface area (Å²) in [6.45, 7) is 1.27. The van der Waals surface area contributed by atoms with E-state index in [1.807, 2.05) is 0 Å². The van der Waals surface area contributed by atoms with Crippen LogP contribution in [0.2, 0.25) is 0 Å². The van der Waals surface area contributed by atoms with Crippen molar-refractivity contribution in [2.75, 3.05) is 19.8 Å². The normalized spacial score (nSPS) is 36.6. The molecule has 112 valence electrons. The Morgan fingerprint density at radius 1 is 1.21 bits per heavy atom. The second kappa shape index (κ2) is 5.97. The van der Waals surface area contributed by atoms with Gasteiger partial charge in [-0.2, -0.15) is 13.2 Å². The summed E-state index contributed by atoms with van der Waals surface area (Å²) in [6.07, 6.45) is -0.986. The Bertz CT molecular complexity index is 282. The molecule has 0 bridgehead atoms. The molecule has 19 heavy (non-hydrogen) atoms. The summed E-state index contributed by atoms with van der Waals surface area (Å²) in [5, 5.41) is 12.8. The Hall–Kier alpha value is -0.330. The van der Waals surface area contributed by atoms with Gasteiger partial charge in [0.2, 0.25) is 0 Å². The highest BCUT2D eigenvalue weighted by Crippen LogP contribution is 2.41. The van der Waals surface area contributed by atoms with Crippen molar-refractivity contribution >= 4 is 0 Å². The van der Waals surface area contributed by atoms with Crippen molar-refractivity contribution in [3.05, 3.63) is 0 Å². The topological polar surface area (TPSA) is 41.5 Å². The largest absolute Gasteiger partial charge is 0.394 e. The van der Waals surface area contributed by atoms with Gasteiger partial charge in [-0.15, -0.1) is 0 Å². The zero-order valence-electron chi connectivity index (χ0n) is 11.0. The van der Waals surface area contributed by atoms with E-state index in [0.29, 0.717) is 19.4 Å². The van der Waals surface area contributed by atoms with Gasteiger partial charge < -0.3 is 15.2 Å². The van der Waals surface area contributed by atoms with Crippen LogP contribution >= 0.6 is 0 Å². The van der Waals surface area contributed by atoms with E-state index in [2.05, 4.69) is 5.32 Å². The smallest absolute Gasteiger partial charge is 0.391 e. The fourth-order valence-electron chi connectivity index (χ4n) is 3.02. The van der Waals surface area contributed by atoms with Gasteiger partial charge in [-0.05, 0) is 38.5 Å². The molecule has 3 nitrogen and oxygen atoms in total. The lowest BCUT2D eigenvalue weighted by Gasteiger charge is -2.40. The Morgan fingerprint density at radius 2 is 1.89 bits per heavy atom. The van der Waals surface area contributed by atoms with Crippen molar-refractivity contribution in [1.82, 2.24) is 5.32 Å². The summed E-state index contributed by atoms with van der Waals surface area (Å²) in [7, 11) is 0. The molecule has 0 aromatic carbocycles. The molecule has 1 saturated carbocycles. The molecule has 0 aromatic heterocycles. The maximum Gasteiger partial charge on any atom is 0.391 e. The van der Waals surface area contributed by atoms with Gasteiger partial charge in [0.15, 0.2) is 0 Å². The predicted molar refractivity (Wildman–Crippen MR) is 64.8 cm³/mol. The van der Waals surface area contributed by atoms with Crippen molar-refractivity contribution in [3.63, 3.8) is 0 Å². The molecular formula is C13H22F3NO2. The second-order valence-corrected chi connectivity index (χ2v) is 5.77. The van der Waals surface area contributed by atoms with Crippen molar-refractivity contribution in [2.45, 2.75) is 56.3 Å². The quantitative estimate of drug-likeness (QED) is 0.830. The minimum absolute atomic E-state index is 0.0998. The number of alkyl halides is 3. The molecule has 2 aliphatic rings. The van der Waals surface area contributed by atoms with Crippen molar-refractivity contribution < 1.29 is 23.0 Å². The number of nitrogens with one attached hydrogen (secondary N) is 1. The molecule has 2 N–H and O–H groups in total. The minimum atomic E-state index is -4.10. The molecule has 2 fully saturated rings. The summed E-state index contributed by atoms with van der Waals surface area (Å²) in [4.78, 5) is 0. The molecule has 1 aliphatic carbocycles. The molecule has 1 aliphatic heterocycles. The molecule has 0 radical (unpaired) electrons. The van der Waals surface area contributed by atoms with Crippen molar-refractivity contribution in [2.24, 2.45) is 5.92 Å².